The Labute approximate surface area is 181 Å². The first-order valence-corrected chi connectivity index (χ1v) is 10.4. The van der Waals surface area contributed by atoms with Crippen LogP contribution in [0.4, 0.5) is 16.2 Å². The van der Waals surface area contributed by atoms with Gasteiger partial charge in [-0.05, 0) is 55.7 Å². The van der Waals surface area contributed by atoms with Crippen molar-refractivity contribution in [3.63, 3.8) is 0 Å². The van der Waals surface area contributed by atoms with Gasteiger partial charge in [0.1, 0.15) is 0 Å². The van der Waals surface area contributed by atoms with E-state index < -0.39 is 0 Å². The molecule has 0 spiro atoms. The first-order chi connectivity index (χ1) is 14.0. The Kier molecular flexibility index (Phi) is 5.83. The molecule has 29 heavy (non-hydrogen) atoms. The topological polar surface area (TPSA) is 48.5 Å². The number of carbonyl (C=O) groups excluding carboxylic acids is 1. The summed E-state index contributed by atoms with van der Waals surface area (Å²) in [5, 5.41) is 4.74. The lowest BCUT2D eigenvalue weighted by atomic mass is 10.0. The zero-order chi connectivity index (χ0) is 20.4. The number of hydrogen-bond donors (Lipinski definition) is 2. The van der Waals surface area contributed by atoms with Crippen LogP contribution in [-0.4, -0.2) is 34.5 Å². The standard InChI is InChI=1S/C22H23ClN4OS/c1-15-4-2-3-5-19(15)25-22(28)27(29)17-9-12-26(13-10-17)21-8-11-24-20-14-16(23)6-7-18(20)21/h2-8,11,14,17,29H,9-10,12-13H2,1H3,(H,25,28). The van der Waals surface area contributed by atoms with Crippen LogP contribution in [0.1, 0.15) is 18.4 Å². The summed E-state index contributed by atoms with van der Waals surface area (Å²) in [5.41, 5.74) is 3.89. The van der Waals surface area contributed by atoms with Crippen molar-refractivity contribution in [3.8, 4) is 0 Å². The highest BCUT2D eigenvalue weighted by Crippen LogP contribution is 2.30. The number of pyridine rings is 1. The fourth-order valence-corrected chi connectivity index (χ4v) is 4.23. The molecule has 1 saturated heterocycles. The number of anilines is 2. The number of para-hydroxylation sites is 1. The normalized spacial score (nSPS) is 14.8. The number of urea groups is 1. The second-order valence-electron chi connectivity index (χ2n) is 7.30. The molecule has 1 N–H and O–H groups in total. The van der Waals surface area contributed by atoms with Gasteiger partial charge in [-0.25, -0.2) is 4.79 Å². The number of thiol groups is 1. The minimum Gasteiger partial charge on any atom is -0.371 e. The van der Waals surface area contributed by atoms with E-state index in [2.05, 4.69) is 28.0 Å². The molecule has 0 aliphatic carbocycles. The summed E-state index contributed by atoms with van der Waals surface area (Å²) < 4.78 is 1.54. The fraction of sp³-hybridized carbons (Fsp3) is 0.273. The third kappa shape index (κ3) is 4.28. The number of aromatic nitrogens is 1. The van der Waals surface area contributed by atoms with Gasteiger partial charge in [0.25, 0.3) is 0 Å². The van der Waals surface area contributed by atoms with Crippen LogP contribution in [0.25, 0.3) is 10.9 Å². The number of rotatable bonds is 3. The first-order valence-electron chi connectivity index (χ1n) is 9.67. The molecule has 2 amide bonds. The Hall–Kier alpha value is -2.44. The average Bonchev–Trinajstić information content (AvgIpc) is 2.74. The molecule has 1 fully saturated rings. The number of piperidine rings is 1. The third-order valence-electron chi connectivity index (χ3n) is 5.43. The maximum atomic E-state index is 12.6. The first kappa shape index (κ1) is 19.9. The van der Waals surface area contributed by atoms with Gasteiger partial charge in [0, 0.05) is 47.1 Å². The van der Waals surface area contributed by atoms with Crippen molar-refractivity contribution >= 4 is 52.7 Å². The van der Waals surface area contributed by atoms with Crippen molar-refractivity contribution in [3.05, 3.63) is 65.3 Å². The molecule has 7 heteroatoms. The second kappa shape index (κ2) is 8.51. The monoisotopic (exact) mass is 426 g/mol. The van der Waals surface area contributed by atoms with Crippen LogP contribution in [0.5, 0.6) is 0 Å². The zero-order valence-corrected chi connectivity index (χ0v) is 17.8. The van der Waals surface area contributed by atoms with Gasteiger partial charge >= 0.3 is 6.03 Å². The van der Waals surface area contributed by atoms with Crippen molar-refractivity contribution in [2.45, 2.75) is 25.8 Å². The summed E-state index contributed by atoms with van der Waals surface area (Å²) in [6, 6.07) is 15.5. The smallest absolute Gasteiger partial charge is 0.331 e. The number of hydrogen-bond acceptors (Lipinski definition) is 4. The van der Waals surface area contributed by atoms with Crippen molar-refractivity contribution < 1.29 is 4.79 Å². The Morgan fingerprint density at radius 1 is 1.21 bits per heavy atom. The lowest BCUT2D eigenvalue weighted by Gasteiger charge is -2.37. The quantitative estimate of drug-likeness (QED) is 0.540. The van der Waals surface area contributed by atoms with Gasteiger partial charge in [0.15, 0.2) is 0 Å². The molecule has 0 bridgehead atoms. The van der Waals surface area contributed by atoms with Crippen LogP contribution in [0, 0.1) is 6.92 Å². The van der Waals surface area contributed by atoms with Crippen LogP contribution in [0.3, 0.4) is 0 Å². The number of nitrogens with zero attached hydrogens (tertiary/aromatic N) is 3. The zero-order valence-electron chi connectivity index (χ0n) is 16.2. The summed E-state index contributed by atoms with van der Waals surface area (Å²) in [5.74, 6) is 0. The predicted molar refractivity (Wildman–Crippen MR) is 123 cm³/mol. The lowest BCUT2D eigenvalue weighted by molar-refractivity contribution is 0.223. The van der Waals surface area contributed by atoms with E-state index in [0.717, 1.165) is 53.8 Å². The molecule has 2 heterocycles. The molecular formula is C22H23ClN4OS. The largest absolute Gasteiger partial charge is 0.371 e. The highest BCUT2D eigenvalue weighted by atomic mass is 35.5. The van der Waals surface area contributed by atoms with Gasteiger partial charge in [0.05, 0.1) is 5.52 Å². The molecule has 0 saturated carbocycles. The Balaban J connectivity index is 1.42. The molecule has 5 nitrogen and oxygen atoms in total. The maximum Gasteiger partial charge on any atom is 0.331 e. The summed E-state index contributed by atoms with van der Waals surface area (Å²) in [6.45, 7) is 3.67. The number of fused-ring (bicyclic) bond motifs is 1. The Morgan fingerprint density at radius 3 is 2.72 bits per heavy atom. The number of carbonyl (C=O) groups is 1. The van der Waals surface area contributed by atoms with E-state index in [9.17, 15) is 4.79 Å². The molecular weight excluding hydrogens is 404 g/mol. The number of amides is 2. The molecule has 0 radical (unpaired) electrons. The van der Waals surface area contributed by atoms with E-state index in [1.165, 1.54) is 4.31 Å². The third-order valence-corrected chi connectivity index (χ3v) is 6.17. The number of aryl methyl sites for hydroxylation is 1. The summed E-state index contributed by atoms with van der Waals surface area (Å²) >= 11 is 10.6. The van der Waals surface area contributed by atoms with Crippen molar-refractivity contribution in [1.82, 2.24) is 9.29 Å². The van der Waals surface area contributed by atoms with E-state index in [0.29, 0.717) is 5.02 Å². The van der Waals surface area contributed by atoms with Crippen LogP contribution in [-0.2, 0) is 0 Å². The fourth-order valence-electron chi connectivity index (χ4n) is 3.78. The molecule has 1 aliphatic heterocycles. The van der Waals surface area contributed by atoms with Gasteiger partial charge in [-0.3, -0.25) is 9.29 Å². The highest BCUT2D eigenvalue weighted by Gasteiger charge is 2.27. The molecule has 2 aromatic carbocycles. The SMILES string of the molecule is Cc1ccccc1NC(=O)N(S)C1CCN(c2ccnc3cc(Cl)ccc23)CC1. The molecule has 1 aliphatic rings. The van der Waals surface area contributed by atoms with Crippen molar-refractivity contribution in [2.24, 2.45) is 0 Å². The van der Waals surface area contributed by atoms with Crippen LogP contribution < -0.4 is 10.2 Å². The van der Waals surface area contributed by atoms with E-state index >= 15 is 0 Å². The highest BCUT2D eigenvalue weighted by molar-refractivity contribution is 7.78. The molecule has 150 valence electrons. The Bertz CT molecular complexity index is 1040. The number of nitrogens with one attached hydrogen (secondary N) is 1. The minimum atomic E-state index is -0.190. The predicted octanol–water partition coefficient (Wildman–Crippen LogP) is 5.54. The van der Waals surface area contributed by atoms with Crippen LogP contribution >= 0.6 is 24.4 Å². The molecule has 3 aromatic rings. The van der Waals surface area contributed by atoms with Crippen LogP contribution in [0.2, 0.25) is 5.02 Å². The van der Waals surface area contributed by atoms with Crippen molar-refractivity contribution in [2.75, 3.05) is 23.3 Å². The lowest BCUT2D eigenvalue weighted by Crippen LogP contribution is -2.44. The van der Waals surface area contributed by atoms with Crippen LogP contribution in [0.15, 0.2) is 54.7 Å². The van der Waals surface area contributed by atoms with Gasteiger partial charge < -0.3 is 10.2 Å². The average molecular weight is 427 g/mol. The Morgan fingerprint density at radius 2 is 1.97 bits per heavy atom. The summed E-state index contributed by atoms with van der Waals surface area (Å²) in [7, 11) is 0. The second-order valence-corrected chi connectivity index (χ2v) is 8.17. The van der Waals surface area contributed by atoms with Crippen molar-refractivity contribution in [1.29, 1.82) is 0 Å². The maximum absolute atomic E-state index is 12.6. The van der Waals surface area contributed by atoms with Gasteiger partial charge in [-0.15, -0.1) is 0 Å². The molecule has 4 rings (SSSR count). The molecule has 1 aromatic heterocycles. The summed E-state index contributed by atoms with van der Waals surface area (Å²) in [4.78, 5) is 19.4. The van der Waals surface area contributed by atoms with E-state index in [4.69, 9.17) is 11.6 Å². The van der Waals surface area contributed by atoms with Gasteiger partial charge in [-0.1, -0.05) is 42.6 Å². The minimum absolute atomic E-state index is 0.0844. The van der Waals surface area contributed by atoms with E-state index in [1.807, 2.05) is 61.7 Å². The summed E-state index contributed by atoms with van der Waals surface area (Å²) in [6.07, 6.45) is 3.52. The number of benzene rings is 2. The van der Waals surface area contributed by atoms with Gasteiger partial charge in [0.2, 0.25) is 0 Å². The number of halogens is 1. The molecule has 0 unspecified atom stereocenters. The molecule has 0 atom stereocenters. The van der Waals surface area contributed by atoms with Gasteiger partial charge in [-0.2, -0.15) is 0 Å². The van der Waals surface area contributed by atoms with E-state index in [1.54, 1.807) is 0 Å². The van der Waals surface area contributed by atoms with E-state index in [-0.39, 0.29) is 12.1 Å².